The summed E-state index contributed by atoms with van der Waals surface area (Å²) in [5.74, 6) is -1.60. The highest BCUT2D eigenvalue weighted by Gasteiger charge is 2.29. The SMILES string of the molecule is CC/C=C\C/C=C\C/C=C\C/C=C\C/C=C\C/C=C\CCCCCCCCCCCCC(=O)OCC(O)COP(=O)(O)OCC(O)COP(=O)(O)OCC(COC(=O)CCCCCCCCCCCCCCC/C=C\C/C=C\C/C=C\C/C=C\C/C=C\CC)OC(=O)CCCCCCCC/C=C\C/C=C\C/C=C\C/C=C\C/C=C\C/C=C\CC. The molecule has 0 aliphatic carbocycles. The Hall–Kier alpha value is -5.87. The number of phosphoric acid groups is 2. The fraction of sp³-hybridized carbons (Fsp3) is 0.634. The third-order valence-electron chi connectivity index (χ3n) is 19.0. The van der Waals surface area contributed by atoms with E-state index in [-0.39, 0.29) is 19.3 Å². The second-order valence-electron chi connectivity index (χ2n) is 30.3. The zero-order valence-corrected chi connectivity index (χ0v) is 76.2. The van der Waals surface area contributed by atoms with E-state index in [1.807, 2.05) is 0 Å². The van der Waals surface area contributed by atoms with Gasteiger partial charge in [-0.1, -0.05) is 375 Å². The first-order chi connectivity index (χ1) is 58.2. The van der Waals surface area contributed by atoms with Crippen molar-refractivity contribution in [1.29, 1.82) is 0 Å². The summed E-state index contributed by atoms with van der Waals surface area (Å²) in [6.45, 7) is 2.34. The summed E-state index contributed by atoms with van der Waals surface area (Å²) < 4.78 is 61.5. The first-order valence-electron chi connectivity index (χ1n) is 46.4. The molecule has 16 nitrogen and oxygen atoms in total. The largest absolute Gasteiger partial charge is 0.472 e. The van der Waals surface area contributed by atoms with Crippen molar-refractivity contribution in [3.63, 3.8) is 0 Å². The van der Waals surface area contributed by atoms with Gasteiger partial charge in [0.25, 0.3) is 0 Å². The van der Waals surface area contributed by atoms with Crippen molar-refractivity contribution in [1.82, 2.24) is 0 Å². The topological polar surface area (TPSA) is 231 Å². The van der Waals surface area contributed by atoms with Crippen LogP contribution in [0.2, 0.25) is 0 Å². The summed E-state index contributed by atoms with van der Waals surface area (Å²) in [6.07, 6.45) is 123. The molecule has 0 heterocycles. The third kappa shape index (κ3) is 92.7. The summed E-state index contributed by atoms with van der Waals surface area (Å²) in [4.78, 5) is 59.1. The normalized spacial score (nSPS) is 14.7. The quantitative estimate of drug-likeness (QED) is 0.0146. The van der Waals surface area contributed by atoms with Gasteiger partial charge in [0.05, 0.1) is 26.4 Å². The van der Waals surface area contributed by atoms with Crippen LogP contribution in [0.25, 0.3) is 0 Å². The number of unbranched alkanes of at least 4 members (excludes halogenated alkanes) is 29. The van der Waals surface area contributed by atoms with Crippen LogP contribution in [-0.4, -0.2) is 95.9 Å². The average molecular weight is 1700 g/mol. The van der Waals surface area contributed by atoms with E-state index >= 15 is 0 Å². The molecule has 0 aromatic heterocycles. The lowest BCUT2D eigenvalue weighted by Gasteiger charge is -2.21. The molecule has 0 aromatic carbocycles. The maximum atomic E-state index is 13.1. The number of carbonyl (C=O) groups excluding carboxylic acids is 3. The fourth-order valence-corrected chi connectivity index (χ4v) is 13.7. The molecule has 0 aliphatic rings. The first kappa shape index (κ1) is 113. The van der Waals surface area contributed by atoms with Crippen LogP contribution in [0.3, 0.4) is 0 Å². The minimum Gasteiger partial charge on any atom is -0.463 e. The van der Waals surface area contributed by atoms with Crippen LogP contribution < -0.4 is 0 Å². The van der Waals surface area contributed by atoms with Gasteiger partial charge < -0.3 is 34.2 Å². The van der Waals surface area contributed by atoms with Crippen LogP contribution in [0.4, 0.5) is 0 Å². The monoisotopic (exact) mass is 1700 g/mol. The van der Waals surface area contributed by atoms with Crippen molar-refractivity contribution in [2.75, 3.05) is 39.6 Å². The highest BCUT2D eigenvalue weighted by Crippen LogP contribution is 2.45. The Balaban J connectivity index is 4.69. The van der Waals surface area contributed by atoms with E-state index in [1.54, 1.807) is 0 Å². The van der Waals surface area contributed by atoms with Crippen molar-refractivity contribution in [3.05, 3.63) is 207 Å². The van der Waals surface area contributed by atoms with Gasteiger partial charge in [0.15, 0.2) is 6.10 Å². The molecule has 5 atom stereocenters. The number of hydrogen-bond donors (Lipinski definition) is 4. The van der Waals surface area contributed by atoms with Gasteiger partial charge in [0.2, 0.25) is 0 Å². The zero-order valence-electron chi connectivity index (χ0n) is 74.5. The number of ether oxygens (including phenoxy) is 3. The van der Waals surface area contributed by atoms with Crippen molar-refractivity contribution >= 4 is 33.6 Å². The smallest absolute Gasteiger partial charge is 0.463 e. The lowest BCUT2D eigenvalue weighted by molar-refractivity contribution is -0.161. The predicted octanol–water partition coefficient (Wildman–Crippen LogP) is 28.8. The van der Waals surface area contributed by atoms with Crippen LogP contribution in [0.5, 0.6) is 0 Å². The number of phosphoric ester groups is 2. The summed E-state index contributed by atoms with van der Waals surface area (Å²) >= 11 is 0. The number of rotatable bonds is 86. The molecule has 0 radical (unpaired) electrons. The summed E-state index contributed by atoms with van der Waals surface area (Å²) in [6, 6.07) is 0. The minimum absolute atomic E-state index is 0.0800. The maximum Gasteiger partial charge on any atom is 0.472 e. The second-order valence-corrected chi connectivity index (χ2v) is 33.2. The van der Waals surface area contributed by atoms with Crippen molar-refractivity contribution in [2.24, 2.45) is 0 Å². The van der Waals surface area contributed by atoms with Gasteiger partial charge >= 0.3 is 33.6 Å². The highest BCUT2D eigenvalue weighted by atomic mass is 31.2. The van der Waals surface area contributed by atoms with Gasteiger partial charge in [0.1, 0.15) is 25.4 Å². The van der Waals surface area contributed by atoms with Crippen LogP contribution in [-0.2, 0) is 55.8 Å². The minimum atomic E-state index is -4.95. The third-order valence-corrected chi connectivity index (χ3v) is 20.9. The number of allylic oxidation sites excluding steroid dienone is 34. The van der Waals surface area contributed by atoms with E-state index in [9.17, 15) is 43.5 Å². The van der Waals surface area contributed by atoms with Crippen molar-refractivity contribution in [2.45, 2.75) is 373 Å². The molecular weight excluding hydrogens is 1530 g/mol. The summed E-state index contributed by atoms with van der Waals surface area (Å²) in [5, 5.41) is 20.7. The van der Waals surface area contributed by atoms with Gasteiger partial charge in [-0.05, 0) is 167 Å². The Morgan fingerprint density at radius 1 is 0.235 bits per heavy atom. The number of aliphatic hydroxyl groups excluding tert-OH is 2. The molecule has 4 N–H and O–H groups in total. The molecule has 0 saturated carbocycles. The number of aliphatic hydroxyl groups is 2. The molecule has 0 bridgehead atoms. The molecule has 18 heteroatoms. The van der Waals surface area contributed by atoms with Crippen LogP contribution in [0.1, 0.15) is 355 Å². The van der Waals surface area contributed by atoms with E-state index in [4.69, 9.17) is 32.3 Å². The molecule has 119 heavy (non-hydrogen) atoms. The van der Waals surface area contributed by atoms with Gasteiger partial charge in [-0.25, -0.2) is 9.13 Å². The molecule has 0 amide bonds. The van der Waals surface area contributed by atoms with Gasteiger partial charge in [-0.15, -0.1) is 0 Å². The average Bonchev–Trinajstić information content (AvgIpc) is 0.891. The standard InChI is InChI=1S/C101H166O16P2/c1-4-7-10-13-16-19-22-25-28-31-34-37-40-43-45-47-49-52-54-57-60-63-66-69-72-75-78-81-84-87-99(104)111-90-96(102)91-113-118(107,108)114-92-97(103)93-115-119(109,110)116-95-98(117-101(106)89-86-83-80-77-74-71-68-65-62-59-56-51-42-39-36-33-30-27-24-21-18-15-12-9-6-3)94-112-100(105)88-85-82-79-76-73-70-67-64-61-58-55-53-50-48-46-44-41-38-35-32-29-26-23-20-17-14-11-8-5-2/h7-12,16-21,25-30,34-39,43-46,49,51-52,56,62,65,96-98,102-103H,4-6,13-15,22-24,31-33,40-42,47-48,50,53-55,57-61,63-64,66-95H2,1-3H3,(H,107,108)(H,109,110)/b10-7-,11-8-,12-9-,19-16-,20-17-,21-18-,28-25-,29-26-,30-27-,37-34-,38-35-,39-36-,45-43-,46-44-,52-49-,56-51-,65-62-. The van der Waals surface area contributed by atoms with Crippen molar-refractivity contribution in [3.8, 4) is 0 Å². The number of esters is 3. The van der Waals surface area contributed by atoms with E-state index < -0.39 is 91.5 Å². The van der Waals surface area contributed by atoms with E-state index in [0.29, 0.717) is 19.3 Å². The molecule has 0 aromatic rings. The Morgan fingerprint density at radius 2 is 0.420 bits per heavy atom. The van der Waals surface area contributed by atoms with E-state index in [0.717, 1.165) is 212 Å². The van der Waals surface area contributed by atoms with Gasteiger partial charge in [-0.2, -0.15) is 0 Å². The highest BCUT2D eigenvalue weighted by molar-refractivity contribution is 7.47. The number of hydrogen-bond acceptors (Lipinski definition) is 14. The first-order valence-corrected chi connectivity index (χ1v) is 49.4. The summed E-state index contributed by atoms with van der Waals surface area (Å²) in [7, 11) is -9.83. The van der Waals surface area contributed by atoms with E-state index in [1.165, 1.54) is 83.5 Å². The molecule has 0 fully saturated rings. The molecular formula is C101H166O16P2. The summed E-state index contributed by atoms with van der Waals surface area (Å²) in [5.41, 5.74) is 0. The van der Waals surface area contributed by atoms with Crippen LogP contribution >= 0.6 is 15.6 Å². The molecule has 0 spiro atoms. The molecule has 5 unspecified atom stereocenters. The lowest BCUT2D eigenvalue weighted by atomic mass is 10.0. The molecule has 0 saturated heterocycles. The van der Waals surface area contributed by atoms with Crippen LogP contribution in [0.15, 0.2) is 207 Å². The Bertz CT molecular complexity index is 2990. The molecule has 0 rings (SSSR count). The Morgan fingerprint density at radius 3 is 0.664 bits per heavy atom. The second kappa shape index (κ2) is 91.3. The Labute approximate surface area is 724 Å². The maximum absolute atomic E-state index is 13.1. The van der Waals surface area contributed by atoms with Gasteiger partial charge in [0, 0.05) is 19.3 Å². The predicted molar refractivity (Wildman–Crippen MR) is 500 cm³/mol. The van der Waals surface area contributed by atoms with Gasteiger partial charge in [-0.3, -0.25) is 32.5 Å². The Kier molecular flexibility index (Phi) is 86.8. The van der Waals surface area contributed by atoms with Crippen LogP contribution in [0, 0.1) is 0 Å². The van der Waals surface area contributed by atoms with Crippen molar-refractivity contribution < 1.29 is 75.8 Å². The lowest BCUT2D eigenvalue weighted by Crippen LogP contribution is -2.30. The fourth-order valence-electron chi connectivity index (χ4n) is 12.1. The zero-order chi connectivity index (χ0) is 86.5. The molecule has 0 aliphatic heterocycles. The van der Waals surface area contributed by atoms with E-state index in [2.05, 4.69) is 227 Å². The molecule has 676 valence electrons. The number of carbonyl (C=O) groups is 3.